The number of methoxy groups -OCH3 is 1. The SMILES string of the molecule is C/C=C(C)/C(C)=C(\C)OC. The van der Waals surface area contributed by atoms with Crippen molar-refractivity contribution >= 4 is 0 Å². The molecule has 0 aromatic rings. The van der Waals surface area contributed by atoms with Gasteiger partial charge in [0.05, 0.1) is 12.9 Å². The average molecular weight is 140 g/mol. The van der Waals surface area contributed by atoms with E-state index >= 15 is 0 Å². The molecule has 0 aliphatic rings. The first-order chi connectivity index (χ1) is 4.63. The van der Waals surface area contributed by atoms with Crippen LogP contribution in [0, 0.1) is 0 Å². The second kappa shape index (κ2) is 4.15. The van der Waals surface area contributed by atoms with E-state index in [1.165, 1.54) is 11.1 Å². The molecule has 0 heterocycles. The summed E-state index contributed by atoms with van der Waals surface area (Å²) in [4.78, 5) is 0. The summed E-state index contributed by atoms with van der Waals surface area (Å²) in [6, 6.07) is 0. The van der Waals surface area contributed by atoms with Crippen molar-refractivity contribution in [2.45, 2.75) is 27.7 Å². The fraction of sp³-hybridized carbons (Fsp3) is 0.556. The van der Waals surface area contributed by atoms with Crippen LogP contribution >= 0.6 is 0 Å². The van der Waals surface area contributed by atoms with Crippen LogP contribution in [0.3, 0.4) is 0 Å². The molecule has 0 unspecified atom stereocenters. The summed E-state index contributed by atoms with van der Waals surface area (Å²) in [5.41, 5.74) is 2.50. The molecule has 0 atom stereocenters. The summed E-state index contributed by atoms with van der Waals surface area (Å²) in [6.45, 7) is 8.15. The van der Waals surface area contributed by atoms with Crippen molar-refractivity contribution in [2.75, 3.05) is 7.11 Å². The molecule has 0 aromatic heterocycles. The van der Waals surface area contributed by atoms with Gasteiger partial charge in [0, 0.05) is 0 Å². The highest BCUT2D eigenvalue weighted by atomic mass is 16.5. The van der Waals surface area contributed by atoms with Crippen molar-refractivity contribution < 1.29 is 4.74 Å². The lowest BCUT2D eigenvalue weighted by Gasteiger charge is -2.05. The summed E-state index contributed by atoms with van der Waals surface area (Å²) >= 11 is 0. The van der Waals surface area contributed by atoms with Crippen LogP contribution in [0.15, 0.2) is 23.0 Å². The van der Waals surface area contributed by atoms with Crippen LogP contribution in [0.1, 0.15) is 27.7 Å². The Morgan fingerprint density at radius 3 is 2.00 bits per heavy atom. The van der Waals surface area contributed by atoms with Gasteiger partial charge in [-0.1, -0.05) is 6.08 Å². The Labute approximate surface area is 63.4 Å². The molecule has 0 saturated heterocycles. The minimum atomic E-state index is 0.996. The van der Waals surface area contributed by atoms with E-state index in [0.29, 0.717) is 0 Å². The summed E-state index contributed by atoms with van der Waals surface area (Å²) in [5, 5.41) is 0. The molecular weight excluding hydrogens is 124 g/mol. The van der Waals surface area contributed by atoms with Crippen molar-refractivity contribution in [3.63, 3.8) is 0 Å². The smallest absolute Gasteiger partial charge is 0.0956 e. The minimum Gasteiger partial charge on any atom is -0.501 e. The third-order valence-electron chi connectivity index (χ3n) is 1.86. The van der Waals surface area contributed by atoms with Crippen LogP contribution in [0.25, 0.3) is 0 Å². The van der Waals surface area contributed by atoms with Gasteiger partial charge in [-0.2, -0.15) is 0 Å². The Hall–Kier alpha value is -0.720. The second-order valence-electron chi connectivity index (χ2n) is 2.36. The molecular formula is C9H16O. The summed E-state index contributed by atoms with van der Waals surface area (Å²) in [5.74, 6) is 0.996. The van der Waals surface area contributed by atoms with E-state index < -0.39 is 0 Å². The zero-order valence-electron chi connectivity index (χ0n) is 7.49. The molecule has 58 valence electrons. The van der Waals surface area contributed by atoms with Gasteiger partial charge >= 0.3 is 0 Å². The fourth-order valence-corrected chi connectivity index (χ4v) is 0.647. The Morgan fingerprint density at radius 2 is 1.70 bits per heavy atom. The predicted octanol–water partition coefficient (Wildman–Crippen LogP) is 2.89. The van der Waals surface area contributed by atoms with Gasteiger partial charge in [0.15, 0.2) is 0 Å². The molecule has 0 aliphatic carbocycles. The highest BCUT2D eigenvalue weighted by Crippen LogP contribution is 2.12. The summed E-state index contributed by atoms with van der Waals surface area (Å²) in [7, 11) is 1.70. The van der Waals surface area contributed by atoms with E-state index in [0.717, 1.165) is 5.76 Å². The van der Waals surface area contributed by atoms with Crippen LogP contribution in [-0.4, -0.2) is 7.11 Å². The van der Waals surface area contributed by atoms with Crippen LogP contribution in [0.4, 0.5) is 0 Å². The monoisotopic (exact) mass is 140 g/mol. The topological polar surface area (TPSA) is 9.23 Å². The van der Waals surface area contributed by atoms with Crippen molar-refractivity contribution in [3.8, 4) is 0 Å². The third-order valence-corrected chi connectivity index (χ3v) is 1.86. The largest absolute Gasteiger partial charge is 0.501 e. The van der Waals surface area contributed by atoms with E-state index in [4.69, 9.17) is 4.74 Å². The molecule has 0 bridgehead atoms. The maximum absolute atomic E-state index is 5.07. The van der Waals surface area contributed by atoms with Gasteiger partial charge in [-0.15, -0.1) is 0 Å². The lowest BCUT2D eigenvalue weighted by Crippen LogP contribution is -1.87. The van der Waals surface area contributed by atoms with Crippen molar-refractivity contribution in [1.82, 2.24) is 0 Å². The molecule has 0 aliphatic heterocycles. The van der Waals surface area contributed by atoms with Crippen LogP contribution in [0.5, 0.6) is 0 Å². The molecule has 0 radical (unpaired) electrons. The van der Waals surface area contributed by atoms with Crippen molar-refractivity contribution in [1.29, 1.82) is 0 Å². The zero-order chi connectivity index (χ0) is 8.15. The van der Waals surface area contributed by atoms with E-state index in [9.17, 15) is 0 Å². The van der Waals surface area contributed by atoms with Gasteiger partial charge in [0.1, 0.15) is 0 Å². The molecule has 0 fully saturated rings. The van der Waals surface area contributed by atoms with Crippen LogP contribution < -0.4 is 0 Å². The number of hydrogen-bond donors (Lipinski definition) is 0. The number of rotatable bonds is 2. The molecule has 0 spiro atoms. The predicted molar refractivity (Wildman–Crippen MR) is 44.8 cm³/mol. The average Bonchev–Trinajstić information content (AvgIpc) is 2.00. The standard InChI is InChI=1S/C9H16O/c1-6-7(2)8(3)9(4)10-5/h6H,1-5H3/b7-6+,9-8+. The Kier molecular flexibility index (Phi) is 3.85. The van der Waals surface area contributed by atoms with Crippen LogP contribution in [-0.2, 0) is 4.74 Å². The highest BCUT2D eigenvalue weighted by Gasteiger charge is 1.96. The normalized spacial score (nSPS) is 14.7. The van der Waals surface area contributed by atoms with Gasteiger partial charge in [-0.05, 0) is 38.8 Å². The molecule has 0 N–H and O–H groups in total. The molecule has 0 amide bonds. The fourth-order valence-electron chi connectivity index (χ4n) is 0.647. The second-order valence-corrected chi connectivity index (χ2v) is 2.36. The molecule has 1 heteroatoms. The maximum atomic E-state index is 5.07. The Morgan fingerprint density at radius 1 is 1.20 bits per heavy atom. The van der Waals surface area contributed by atoms with E-state index in [1.54, 1.807) is 7.11 Å². The number of allylic oxidation sites excluding steroid dienone is 4. The Bertz CT molecular complexity index is 164. The number of ether oxygens (including phenoxy) is 1. The van der Waals surface area contributed by atoms with Gasteiger partial charge in [-0.25, -0.2) is 0 Å². The molecule has 0 saturated carbocycles. The lowest BCUT2D eigenvalue weighted by molar-refractivity contribution is 0.289. The van der Waals surface area contributed by atoms with Crippen molar-refractivity contribution in [3.05, 3.63) is 23.0 Å². The maximum Gasteiger partial charge on any atom is 0.0956 e. The van der Waals surface area contributed by atoms with Crippen LogP contribution in [0.2, 0.25) is 0 Å². The number of hydrogen-bond acceptors (Lipinski definition) is 1. The summed E-state index contributed by atoms with van der Waals surface area (Å²) in [6.07, 6.45) is 2.08. The Balaban J connectivity index is 4.46. The highest BCUT2D eigenvalue weighted by molar-refractivity contribution is 5.28. The van der Waals surface area contributed by atoms with Gasteiger partial charge < -0.3 is 4.74 Å². The first-order valence-corrected chi connectivity index (χ1v) is 3.48. The first kappa shape index (κ1) is 9.28. The van der Waals surface area contributed by atoms with Gasteiger partial charge in [0.25, 0.3) is 0 Å². The first-order valence-electron chi connectivity index (χ1n) is 3.48. The van der Waals surface area contributed by atoms with E-state index in [2.05, 4.69) is 19.9 Å². The molecule has 1 nitrogen and oxygen atoms in total. The summed E-state index contributed by atoms with van der Waals surface area (Å²) < 4.78 is 5.07. The van der Waals surface area contributed by atoms with E-state index in [-0.39, 0.29) is 0 Å². The molecule has 0 aromatic carbocycles. The van der Waals surface area contributed by atoms with Crippen molar-refractivity contribution in [2.24, 2.45) is 0 Å². The zero-order valence-corrected chi connectivity index (χ0v) is 7.49. The quantitative estimate of drug-likeness (QED) is 0.423. The minimum absolute atomic E-state index is 0.996. The van der Waals surface area contributed by atoms with Gasteiger partial charge in [-0.3, -0.25) is 0 Å². The third kappa shape index (κ3) is 2.26. The molecule has 10 heavy (non-hydrogen) atoms. The molecule has 0 rings (SSSR count). The van der Waals surface area contributed by atoms with E-state index in [1.807, 2.05) is 13.8 Å². The van der Waals surface area contributed by atoms with Gasteiger partial charge in [0.2, 0.25) is 0 Å². The lowest BCUT2D eigenvalue weighted by atomic mass is 10.1.